The van der Waals surface area contributed by atoms with Crippen molar-refractivity contribution in [3.8, 4) is 5.75 Å². The molecule has 128 valence electrons. The van der Waals surface area contributed by atoms with Crippen LogP contribution in [0.5, 0.6) is 5.75 Å². The molecular weight excluding hydrogens is 310 g/mol. The first-order valence-corrected chi connectivity index (χ1v) is 6.95. The average molecular weight is 329 g/mol. The number of aromatic hydroxyl groups is 1. The Morgan fingerprint density at radius 3 is 2.61 bits per heavy atom. The minimum absolute atomic E-state index is 0.00194. The maximum Gasteiger partial charge on any atom is 0.187 e. The number of aliphatic hydroxyl groups excluding tert-OH is 4. The van der Waals surface area contributed by atoms with Gasteiger partial charge in [-0.25, -0.2) is 0 Å². The Morgan fingerprint density at radius 1 is 1.30 bits per heavy atom. The fraction of sp³-hybridized carbons (Fsp3) is 0.571. The van der Waals surface area contributed by atoms with E-state index in [4.69, 9.17) is 14.6 Å². The Balaban J connectivity index is 2.11. The van der Waals surface area contributed by atoms with Crippen LogP contribution in [0.1, 0.15) is 21.6 Å². The molecule has 2 heterocycles. The molecule has 2 rings (SSSR count). The summed E-state index contributed by atoms with van der Waals surface area (Å²) in [6.45, 7) is 0.722. The van der Waals surface area contributed by atoms with Crippen LogP contribution in [0.2, 0.25) is 0 Å². The van der Waals surface area contributed by atoms with E-state index < -0.39 is 37.3 Å². The zero-order valence-corrected chi connectivity index (χ0v) is 12.4. The van der Waals surface area contributed by atoms with Gasteiger partial charge in [0.2, 0.25) is 0 Å². The number of hydrogen-bond acceptors (Lipinski definition) is 9. The molecule has 0 bridgehead atoms. The van der Waals surface area contributed by atoms with Crippen molar-refractivity contribution in [1.29, 1.82) is 0 Å². The Bertz CT molecular complexity index is 564. The number of hydrogen-bond donors (Lipinski definition) is 5. The molecule has 0 saturated carbocycles. The zero-order valence-electron chi connectivity index (χ0n) is 12.4. The highest BCUT2D eigenvalue weighted by Crippen LogP contribution is 2.25. The molecule has 0 spiro atoms. The second-order valence-electron chi connectivity index (χ2n) is 5.26. The van der Waals surface area contributed by atoms with Crippen LogP contribution in [-0.2, 0) is 16.1 Å². The van der Waals surface area contributed by atoms with Crippen molar-refractivity contribution < 1.29 is 39.8 Å². The third-order valence-electron chi connectivity index (χ3n) is 3.73. The summed E-state index contributed by atoms with van der Waals surface area (Å²) in [5, 5.41) is 48.1. The molecule has 5 unspecified atom stereocenters. The van der Waals surface area contributed by atoms with Crippen LogP contribution in [0.25, 0.3) is 0 Å². The molecule has 9 heteroatoms. The van der Waals surface area contributed by atoms with Gasteiger partial charge in [0.15, 0.2) is 12.6 Å². The van der Waals surface area contributed by atoms with Gasteiger partial charge in [0.1, 0.15) is 30.2 Å². The summed E-state index contributed by atoms with van der Waals surface area (Å²) in [6.07, 6.45) is -5.20. The van der Waals surface area contributed by atoms with Crippen molar-refractivity contribution in [2.45, 2.75) is 44.2 Å². The summed E-state index contributed by atoms with van der Waals surface area (Å²) in [5.74, 6) is -0.269. The SMILES string of the molecule is Cc1ncc(COC2OC(CO)C(O)C(O)C2O)c(C=O)c1O. The smallest absolute Gasteiger partial charge is 0.187 e. The predicted molar refractivity (Wildman–Crippen MR) is 74.6 cm³/mol. The molecule has 1 fully saturated rings. The summed E-state index contributed by atoms with van der Waals surface area (Å²) in [4.78, 5) is 15.0. The molecule has 23 heavy (non-hydrogen) atoms. The van der Waals surface area contributed by atoms with Gasteiger partial charge < -0.3 is 35.0 Å². The van der Waals surface area contributed by atoms with Crippen LogP contribution >= 0.6 is 0 Å². The van der Waals surface area contributed by atoms with Crippen molar-refractivity contribution >= 4 is 6.29 Å². The number of carbonyl (C=O) groups is 1. The monoisotopic (exact) mass is 329 g/mol. The molecule has 1 aromatic rings. The average Bonchev–Trinajstić information content (AvgIpc) is 2.55. The Kier molecular flexibility index (Phi) is 5.63. The molecule has 5 atom stereocenters. The van der Waals surface area contributed by atoms with Crippen molar-refractivity contribution in [2.24, 2.45) is 0 Å². The van der Waals surface area contributed by atoms with E-state index in [-0.39, 0.29) is 29.2 Å². The van der Waals surface area contributed by atoms with Gasteiger partial charge in [0, 0.05) is 11.8 Å². The van der Waals surface area contributed by atoms with E-state index in [0.717, 1.165) is 0 Å². The summed E-state index contributed by atoms with van der Waals surface area (Å²) in [6, 6.07) is 0. The number of aromatic nitrogens is 1. The van der Waals surface area contributed by atoms with Crippen LogP contribution in [0.3, 0.4) is 0 Å². The van der Waals surface area contributed by atoms with Crippen LogP contribution < -0.4 is 0 Å². The molecule has 0 amide bonds. The lowest BCUT2D eigenvalue weighted by Crippen LogP contribution is -2.59. The normalized spacial score (nSPS) is 31.1. The third kappa shape index (κ3) is 3.50. The molecule has 0 aromatic carbocycles. The van der Waals surface area contributed by atoms with Crippen molar-refractivity contribution in [3.63, 3.8) is 0 Å². The minimum Gasteiger partial charge on any atom is -0.505 e. The van der Waals surface area contributed by atoms with E-state index in [1.807, 2.05) is 0 Å². The maximum atomic E-state index is 11.1. The van der Waals surface area contributed by atoms with Crippen LogP contribution in [-0.4, -0.2) is 74.1 Å². The van der Waals surface area contributed by atoms with Crippen molar-refractivity contribution in [2.75, 3.05) is 6.61 Å². The van der Waals surface area contributed by atoms with Gasteiger partial charge >= 0.3 is 0 Å². The van der Waals surface area contributed by atoms with Gasteiger partial charge in [-0.2, -0.15) is 0 Å². The molecule has 0 radical (unpaired) electrons. The van der Waals surface area contributed by atoms with Crippen LogP contribution in [0.15, 0.2) is 6.20 Å². The number of pyridine rings is 1. The molecule has 0 aliphatic carbocycles. The largest absolute Gasteiger partial charge is 0.505 e. The second kappa shape index (κ2) is 7.30. The minimum atomic E-state index is -1.55. The van der Waals surface area contributed by atoms with Gasteiger partial charge in [-0.3, -0.25) is 9.78 Å². The van der Waals surface area contributed by atoms with Crippen molar-refractivity contribution in [1.82, 2.24) is 4.98 Å². The van der Waals surface area contributed by atoms with E-state index in [1.165, 1.54) is 13.1 Å². The highest BCUT2D eigenvalue weighted by molar-refractivity contribution is 5.81. The summed E-state index contributed by atoms with van der Waals surface area (Å²) >= 11 is 0. The van der Waals surface area contributed by atoms with E-state index >= 15 is 0 Å². The number of carbonyl (C=O) groups excluding carboxylic acids is 1. The van der Waals surface area contributed by atoms with E-state index in [0.29, 0.717) is 6.29 Å². The Hall–Kier alpha value is -1.62. The van der Waals surface area contributed by atoms with Gasteiger partial charge in [-0.15, -0.1) is 0 Å². The molecule has 1 aliphatic rings. The second-order valence-corrected chi connectivity index (χ2v) is 5.26. The number of nitrogens with zero attached hydrogens (tertiary/aromatic N) is 1. The highest BCUT2D eigenvalue weighted by atomic mass is 16.7. The molecule has 9 nitrogen and oxygen atoms in total. The number of rotatable bonds is 5. The van der Waals surface area contributed by atoms with Crippen molar-refractivity contribution in [3.05, 3.63) is 23.0 Å². The van der Waals surface area contributed by atoms with Gasteiger partial charge in [0.25, 0.3) is 0 Å². The van der Waals surface area contributed by atoms with Gasteiger partial charge in [0.05, 0.1) is 24.5 Å². The first-order valence-electron chi connectivity index (χ1n) is 6.95. The summed E-state index contributed by atoms with van der Waals surface area (Å²) in [7, 11) is 0. The zero-order chi connectivity index (χ0) is 17.1. The molecule has 1 aromatic heterocycles. The van der Waals surface area contributed by atoms with E-state index in [9.17, 15) is 25.2 Å². The molecule has 5 N–H and O–H groups in total. The van der Waals surface area contributed by atoms with E-state index in [1.54, 1.807) is 0 Å². The van der Waals surface area contributed by atoms with E-state index in [2.05, 4.69) is 4.98 Å². The van der Waals surface area contributed by atoms with Crippen LogP contribution in [0.4, 0.5) is 0 Å². The quantitative estimate of drug-likeness (QED) is 0.395. The number of aliphatic hydroxyl groups is 4. The third-order valence-corrected chi connectivity index (χ3v) is 3.73. The number of ether oxygens (including phenoxy) is 2. The molecule has 1 aliphatic heterocycles. The summed E-state index contributed by atoms with van der Waals surface area (Å²) < 4.78 is 10.5. The maximum absolute atomic E-state index is 11.1. The number of aryl methyl sites for hydroxylation is 1. The fourth-order valence-corrected chi connectivity index (χ4v) is 2.28. The Morgan fingerprint density at radius 2 is 2.00 bits per heavy atom. The summed E-state index contributed by atoms with van der Waals surface area (Å²) in [5.41, 5.74) is 0.547. The first-order chi connectivity index (χ1) is 10.9. The topological polar surface area (TPSA) is 150 Å². The van der Waals surface area contributed by atoms with Crippen LogP contribution in [0, 0.1) is 6.92 Å². The lowest BCUT2D eigenvalue weighted by Gasteiger charge is -2.39. The predicted octanol–water partition coefficient (Wildman–Crippen LogP) is -1.78. The number of aldehydes is 1. The lowest BCUT2D eigenvalue weighted by atomic mass is 9.99. The molecular formula is C14H19NO8. The molecule has 1 saturated heterocycles. The highest BCUT2D eigenvalue weighted by Gasteiger charge is 2.44. The Labute approximate surface area is 131 Å². The lowest BCUT2D eigenvalue weighted by molar-refractivity contribution is -0.304. The fourth-order valence-electron chi connectivity index (χ4n) is 2.28. The standard InChI is InChI=1S/C14H19NO8/c1-6-10(18)8(3-16)7(2-15-6)5-22-14-13(21)12(20)11(19)9(4-17)23-14/h2-3,9,11-14,17-21H,4-5H2,1H3. The van der Waals surface area contributed by atoms with Gasteiger partial charge in [-0.1, -0.05) is 0 Å². The first kappa shape index (κ1) is 17.7. The van der Waals surface area contributed by atoms with Gasteiger partial charge in [-0.05, 0) is 6.92 Å².